The third-order valence-corrected chi connectivity index (χ3v) is 5.34. The number of aromatic amines is 1. The molecule has 4 rings (SSSR count). The molecule has 0 fully saturated rings. The molecule has 0 unspecified atom stereocenters. The van der Waals surface area contributed by atoms with E-state index < -0.39 is 17.8 Å². The van der Waals surface area contributed by atoms with Gasteiger partial charge in [-0.15, -0.1) is 0 Å². The van der Waals surface area contributed by atoms with E-state index in [0.717, 1.165) is 17.5 Å². The number of nitrogens with one attached hydrogen (secondary N) is 2. The number of aryl methyl sites for hydroxylation is 3. The highest BCUT2D eigenvalue weighted by Crippen LogP contribution is 2.32. The smallest absolute Gasteiger partial charge is 0.321 e. The normalized spacial score (nSPS) is 11.2. The predicted octanol–water partition coefficient (Wildman–Crippen LogP) is 5.00. The summed E-state index contributed by atoms with van der Waals surface area (Å²) in [5.74, 6) is -0.744. The van der Waals surface area contributed by atoms with Crippen LogP contribution in [0.25, 0.3) is 22.4 Å². The maximum atomic E-state index is 12.9. The largest absolute Gasteiger partial charge is 0.433 e. The lowest BCUT2D eigenvalue weighted by Crippen LogP contribution is -2.15. The first-order valence-electron chi connectivity index (χ1n) is 10.3. The van der Waals surface area contributed by atoms with Gasteiger partial charge in [0.15, 0.2) is 0 Å². The molecule has 2 N–H and O–H groups in total. The summed E-state index contributed by atoms with van der Waals surface area (Å²) in [5.41, 5.74) is 3.79. The van der Waals surface area contributed by atoms with E-state index in [-0.39, 0.29) is 11.3 Å². The molecule has 0 aliphatic carbocycles. The van der Waals surface area contributed by atoms with Crippen LogP contribution in [0.1, 0.15) is 38.7 Å². The van der Waals surface area contributed by atoms with Crippen molar-refractivity contribution in [1.82, 2.24) is 25.1 Å². The van der Waals surface area contributed by atoms with E-state index in [0.29, 0.717) is 39.8 Å². The summed E-state index contributed by atoms with van der Waals surface area (Å²) in [6, 6.07) is 7.32. The molecule has 8 nitrogen and oxygen atoms in total. The number of hydrogen-bond donors (Lipinski definition) is 2. The lowest BCUT2D eigenvalue weighted by atomic mass is 9.99. The number of amides is 1. The zero-order valence-corrected chi connectivity index (χ0v) is 18.8. The molecule has 0 saturated heterocycles. The summed E-state index contributed by atoms with van der Waals surface area (Å²) in [5, 5.41) is 19.3. The van der Waals surface area contributed by atoms with Crippen LogP contribution in [-0.4, -0.2) is 31.1 Å². The van der Waals surface area contributed by atoms with Gasteiger partial charge in [-0.25, -0.2) is 0 Å². The standard InChI is InChI=1S/C24H18F3N7O/c1-12-19(17-6-16(9-28)22(31-10-17)21-13(2)33-34-14(21)3)8-18(11-30-12)32-23(35)15-4-5-29-20(7-15)24(25,26)27/h4-8,10-11H,1-3H3,(H,32,35)(H,33,34). The molecule has 0 atom stereocenters. The average molecular weight is 477 g/mol. The highest BCUT2D eigenvalue weighted by molar-refractivity contribution is 6.04. The SMILES string of the molecule is Cc1ncc(NC(=O)c2ccnc(C(F)(F)F)c2)cc1-c1cnc(-c2c(C)n[nH]c2C)c(C#N)c1. The second-order valence-electron chi connectivity index (χ2n) is 7.78. The fraction of sp³-hybridized carbons (Fsp3) is 0.167. The number of nitrogens with zero attached hydrogens (tertiary/aromatic N) is 5. The van der Waals surface area contributed by atoms with Gasteiger partial charge in [0, 0.05) is 46.0 Å². The molecule has 0 aromatic carbocycles. The molecule has 11 heteroatoms. The summed E-state index contributed by atoms with van der Waals surface area (Å²) in [6.07, 6.45) is -0.749. The van der Waals surface area contributed by atoms with Gasteiger partial charge >= 0.3 is 6.18 Å². The fourth-order valence-corrected chi connectivity index (χ4v) is 3.62. The van der Waals surface area contributed by atoms with Crippen molar-refractivity contribution in [3.8, 4) is 28.5 Å². The van der Waals surface area contributed by atoms with Gasteiger partial charge in [0.05, 0.1) is 28.8 Å². The van der Waals surface area contributed by atoms with E-state index in [4.69, 9.17) is 0 Å². The molecule has 176 valence electrons. The Balaban J connectivity index is 1.67. The number of hydrogen-bond acceptors (Lipinski definition) is 6. The van der Waals surface area contributed by atoms with Crippen molar-refractivity contribution in [2.45, 2.75) is 26.9 Å². The molecule has 0 bridgehead atoms. The lowest BCUT2D eigenvalue weighted by Gasteiger charge is -2.12. The van der Waals surface area contributed by atoms with Gasteiger partial charge in [-0.1, -0.05) is 0 Å². The summed E-state index contributed by atoms with van der Waals surface area (Å²) < 4.78 is 38.8. The van der Waals surface area contributed by atoms with Crippen molar-refractivity contribution in [2.24, 2.45) is 0 Å². The molecule has 4 aromatic heterocycles. The highest BCUT2D eigenvalue weighted by atomic mass is 19.4. The maximum Gasteiger partial charge on any atom is 0.433 e. The second-order valence-corrected chi connectivity index (χ2v) is 7.78. The molecule has 4 aromatic rings. The van der Waals surface area contributed by atoms with Crippen LogP contribution >= 0.6 is 0 Å². The summed E-state index contributed by atoms with van der Waals surface area (Å²) in [6.45, 7) is 5.41. The molecule has 35 heavy (non-hydrogen) atoms. The van der Waals surface area contributed by atoms with Crippen molar-refractivity contribution in [3.63, 3.8) is 0 Å². The number of anilines is 1. The van der Waals surface area contributed by atoms with Crippen LogP contribution in [0.15, 0.2) is 42.9 Å². The van der Waals surface area contributed by atoms with E-state index >= 15 is 0 Å². The van der Waals surface area contributed by atoms with Crippen LogP contribution in [0.2, 0.25) is 0 Å². The van der Waals surface area contributed by atoms with Crippen LogP contribution in [0.5, 0.6) is 0 Å². The van der Waals surface area contributed by atoms with Crippen molar-refractivity contribution in [1.29, 1.82) is 5.26 Å². The zero-order valence-electron chi connectivity index (χ0n) is 18.8. The first-order chi connectivity index (χ1) is 16.6. The van der Waals surface area contributed by atoms with Crippen LogP contribution in [0.4, 0.5) is 18.9 Å². The minimum absolute atomic E-state index is 0.196. The molecule has 0 aliphatic rings. The Hall–Kier alpha value is -4.59. The van der Waals surface area contributed by atoms with Crippen molar-refractivity contribution < 1.29 is 18.0 Å². The maximum absolute atomic E-state index is 12.9. The molecule has 0 saturated carbocycles. The summed E-state index contributed by atoms with van der Waals surface area (Å²) in [7, 11) is 0. The van der Waals surface area contributed by atoms with Crippen LogP contribution in [0.3, 0.4) is 0 Å². The lowest BCUT2D eigenvalue weighted by molar-refractivity contribution is -0.141. The number of nitriles is 1. The molecule has 1 amide bonds. The van der Waals surface area contributed by atoms with Crippen LogP contribution in [0, 0.1) is 32.1 Å². The van der Waals surface area contributed by atoms with E-state index in [1.165, 1.54) is 12.3 Å². The Morgan fingerprint density at radius 3 is 2.49 bits per heavy atom. The number of carbonyl (C=O) groups is 1. The predicted molar refractivity (Wildman–Crippen MR) is 121 cm³/mol. The molecular formula is C24H18F3N7O. The van der Waals surface area contributed by atoms with E-state index in [1.807, 2.05) is 13.8 Å². The van der Waals surface area contributed by atoms with E-state index in [9.17, 15) is 23.2 Å². The Morgan fingerprint density at radius 2 is 1.83 bits per heavy atom. The number of alkyl halides is 3. The van der Waals surface area contributed by atoms with Crippen molar-refractivity contribution >= 4 is 11.6 Å². The number of pyridine rings is 3. The van der Waals surface area contributed by atoms with Crippen LogP contribution < -0.4 is 5.32 Å². The highest BCUT2D eigenvalue weighted by Gasteiger charge is 2.33. The molecule has 0 aliphatic heterocycles. The zero-order chi connectivity index (χ0) is 25.3. The van der Waals surface area contributed by atoms with Crippen LogP contribution in [-0.2, 0) is 6.18 Å². The molecule has 0 spiro atoms. The van der Waals surface area contributed by atoms with Crippen molar-refractivity contribution in [3.05, 3.63) is 76.8 Å². The first kappa shape index (κ1) is 23.6. The topological polar surface area (TPSA) is 120 Å². The van der Waals surface area contributed by atoms with Gasteiger partial charge in [0.1, 0.15) is 11.8 Å². The molecule has 4 heterocycles. The number of rotatable bonds is 4. The molecule has 0 radical (unpaired) electrons. The number of halogens is 3. The Labute approximate surface area is 197 Å². The summed E-state index contributed by atoms with van der Waals surface area (Å²) in [4.78, 5) is 24.6. The van der Waals surface area contributed by atoms with Gasteiger partial charge in [-0.2, -0.15) is 23.5 Å². The number of carbonyl (C=O) groups excluding carboxylic acids is 1. The Morgan fingerprint density at radius 1 is 1.06 bits per heavy atom. The second kappa shape index (κ2) is 8.98. The monoisotopic (exact) mass is 477 g/mol. The van der Waals surface area contributed by atoms with E-state index in [2.05, 4.69) is 36.5 Å². The van der Waals surface area contributed by atoms with Gasteiger partial charge in [-0.3, -0.25) is 24.8 Å². The summed E-state index contributed by atoms with van der Waals surface area (Å²) >= 11 is 0. The number of H-pyrrole nitrogens is 1. The average Bonchev–Trinajstić information content (AvgIpc) is 3.17. The Kier molecular flexibility index (Phi) is 6.05. The fourth-order valence-electron chi connectivity index (χ4n) is 3.62. The van der Waals surface area contributed by atoms with Gasteiger partial charge in [-0.05, 0) is 45.0 Å². The van der Waals surface area contributed by atoms with Gasteiger partial charge in [0.2, 0.25) is 0 Å². The quantitative estimate of drug-likeness (QED) is 0.427. The molecular weight excluding hydrogens is 459 g/mol. The third-order valence-electron chi connectivity index (χ3n) is 5.34. The minimum atomic E-state index is -4.67. The Bertz CT molecular complexity index is 1470. The van der Waals surface area contributed by atoms with Crippen molar-refractivity contribution in [2.75, 3.05) is 5.32 Å². The number of aromatic nitrogens is 5. The van der Waals surface area contributed by atoms with Gasteiger partial charge in [0.25, 0.3) is 5.91 Å². The minimum Gasteiger partial charge on any atom is -0.321 e. The third kappa shape index (κ3) is 4.72. The van der Waals surface area contributed by atoms with E-state index in [1.54, 1.807) is 25.3 Å². The van der Waals surface area contributed by atoms with Gasteiger partial charge < -0.3 is 5.32 Å². The first-order valence-corrected chi connectivity index (χ1v) is 10.3.